The molecule has 3 amide bonds. The Morgan fingerprint density at radius 3 is 3.00 bits per heavy atom. The van der Waals surface area contributed by atoms with Crippen molar-refractivity contribution in [3.63, 3.8) is 0 Å². The first-order chi connectivity index (χ1) is 8.06. The molecule has 8 nitrogen and oxygen atoms in total. The number of unbranched alkanes of at least 4 members (excludes halogenated alkanes) is 1. The Balaban J connectivity index is 2.57. The molecular weight excluding hydrogens is 230 g/mol. The van der Waals surface area contributed by atoms with Gasteiger partial charge in [0, 0.05) is 6.21 Å². The van der Waals surface area contributed by atoms with Gasteiger partial charge in [-0.2, -0.15) is 0 Å². The average Bonchev–Trinajstić information content (AvgIpc) is 2.26. The molecule has 94 valence electrons. The van der Waals surface area contributed by atoms with Gasteiger partial charge in [0.25, 0.3) is 0 Å². The summed E-state index contributed by atoms with van der Waals surface area (Å²) in [6.45, 7) is 1.59. The molecule has 0 radical (unpaired) electrons. The number of rotatable bonds is 5. The van der Waals surface area contributed by atoms with Gasteiger partial charge in [0.05, 0.1) is 6.54 Å². The number of amides is 3. The van der Waals surface area contributed by atoms with Crippen LogP contribution in [0.4, 0.5) is 4.79 Å². The number of nitrogens with one attached hydrogen (secondary N) is 1. The standard InChI is InChI=1S/C9H13N3O5/c1-2-3-4-10-17-12-5-6(8(14)15)7(13)11-9(12)16/h4,6H,2-3,5H2,1H3,(H,14,15)(H,11,13,16). The lowest BCUT2D eigenvalue weighted by Crippen LogP contribution is -2.55. The van der Waals surface area contributed by atoms with Gasteiger partial charge in [0.1, 0.15) is 0 Å². The maximum Gasteiger partial charge on any atom is 0.359 e. The third kappa shape index (κ3) is 3.44. The van der Waals surface area contributed by atoms with E-state index in [1.807, 2.05) is 12.2 Å². The highest BCUT2D eigenvalue weighted by Gasteiger charge is 2.38. The maximum atomic E-state index is 11.2. The minimum atomic E-state index is -1.34. The van der Waals surface area contributed by atoms with Gasteiger partial charge >= 0.3 is 12.0 Å². The molecule has 2 N–H and O–H groups in total. The number of aliphatic carboxylic acids is 1. The van der Waals surface area contributed by atoms with E-state index in [1.165, 1.54) is 6.21 Å². The van der Waals surface area contributed by atoms with Crippen molar-refractivity contribution in [2.24, 2.45) is 11.1 Å². The molecular formula is C9H13N3O5. The molecule has 1 aliphatic heterocycles. The van der Waals surface area contributed by atoms with Crippen molar-refractivity contribution in [2.75, 3.05) is 6.54 Å². The van der Waals surface area contributed by atoms with Crippen LogP contribution in [0.3, 0.4) is 0 Å². The molecule has 1 heterocycles. The fourth-order valence-corrected chi connectivity index (χ4v) is 1.12. The monoisotopic (exact) mass is 243 g/mol. The molecule has 0 aromatic rings. The predicted octanol–water partition coefficient (Wildman–Crippen LogP) is -0.0435. The van der Waals surface area contributed by atoms with E-state index in [-0.39, 0.29) is 6.54 Å². The molecule has 0 aromatic heterocycles. The molecule has 0 bridgehead atoms. The molecule has 17 heavy (non-hydrogen) atoms. The van der Waals surface area contributed by atoms with Crippen molar-refractivity contribution in [1.82, 2.24) is 10.4 Å². The first kappa shape index (κ1) is 12.9. The van der Waals surface area contributed by atoms with Crippen LogP contribution in [0, 0.1) is 5.92 Å². The van der Waals surface area contributed by atoms with Gasteiger partial charge in [0.15, 0.2) is 5.92 Å². The van der Waals surface area contributed by atoms with E-state index in [0.717, 1.165) is 6.42 Å². The second-order valence-corrected chi connectivity index (χ2v) is 3.40. The number of hydroxylamine groups is 2. The maximum absolute atomic E-state index is 11.2. The van der Waals surface area contributed by atoms with Crippen molar-refractivity contribution in [1.29, 1.82) is 0 Å². The lowest BCUT2D eigenvalue weighted by atomic mass is 10.1. The van der Waals surface area contributed by atoms with Crippen molar-refractivity contribution in [3.8, 4) is 0 Å². The van der Waals surface area contributed by atoms with Gasteiger partial charge in [0.2, 0.25) is 5.91 Å². The van der Waals surface area contributed by atoms with Crippen LogP contribution in [0.5, 0.6) is 0 Å². The highest BCUT2D eigenvalue weighted by atomic mass is 16.8. The molecule has 1 rings (SSSR count). The Kier molecular flexibility index (Phi) is 4.44. The van der Waals surface area contributed by atoms with Crippen LogP contribution in [-0.4, -0.2) is 40.8 Å². The van der Waals surface area contributed by atoms with Crippen molar-refractivity contribution in [3.05, 3.63) is 0 Å². The van der Waals surface area contributed by atoms with Gasteiger partial charge in [-0.05, 0) is 6.42 Å². The zero-order valence-electron chi connectivity index (χ0n) is 9.25. The number of carboxylic acids is 1. The molecule has 1 atom stereocenters. The van der Waals surface area contributed by atoms with Crippen LogP contribution in [0.15, 0.2) is 5.16 Å². The van der Waals surface area contributed by atoms with E-state index in [1.54, 1.807) is 0 Å². The fraction of sp³-hybridized carbons (Fsp3) is 0.556. The van der Waals surface area contributed by atoms with E-state index in [2.05, 4.69) is 5.16 Å². The lowest BCUT2D eigenvalue weighted by molar-refractivity contribution is -0.164. The van der Waals surface area contributed by atoms with Crippen LogP contribution in [0.2, 0.25) is 0 Å². The van der Waals surface area contributed by atoms with Crippen molar-refractivity contribution >= 4 is 24.1 Å². The fourth-order valence-electron chi connectivity index (χ4n) is 1.12. The minimum Gasteiger partial charge on any atom is -0.481 e. The summed E-state index contributed by atoms with van der Waals surface area (Å²) in [5.41, 5.74) is 0. The molecule has 0 spiro atoms. The Morgan fingerprint density at radius 1 is 1.71 bits per heavy atom. The number of carboxylic acid groups (broad SMARTS) is 1. The normalized spacial score (nSPS) is 20.5. The predicted molar refractivity (Wildman–Crippen MR) is 55.9 cm³/mol. The van der Waals surface area contributed by atoms with Crippen LogP contribution >= 0.6 is 0 Å². The van der Waals surface area contributed by atoms with E-state index in [0.29, 0.717) is 11.5 Å². The summed E-state index contributed by atoms with van der Waals surface area (Å²) in [4.78, 5) is 37.8. The van der Waals surface area contributed by atoms with Crippen molar-refractivity contribution in [2.45, 2.75) is 19.8 Å². The minimum absolute atomic E-state index is 0.358. The largest absolute Gasteiger partial charge is 0.481 e. The smallest absolute Gasteiger partial charge is 0.359 e. The third-order valence-electron chi connectivity index (χ3n) is 2.06. The Labute approximate surface area is 97.2 Å². The van der Waals surface area contributed by atoms with Gasteiger partial charge < -0.3 is 5.11 Å². The van der Waals surface area contributed by atoms with Crippen LogP contribution in [0.25, 0.3) is 0 Å². The zero-order valence-corrected chi connectivity index (χ0v) is 9.25. The van der Waals surface area contributed by atoms with Crippen LogP contribution < -0.4 is 5.32 Å². The van der Waals surface area contributed by atoms with Crippen LogP contribution in [0.1, 0.15) is 19.8 Å². The van der Waals surface area contributed by atoms with Gasteiger partial charge in [-0.1, -0.05) is 18.5 Å². The Bertz CT molecular complexity index is 355. The number of hydrogen-bond acceptors (Lipinski definition) is 5. The second-order valence-electron chi connectivity index (χ2n) is 3.40. The number of carbonyl (C=O) groups is 3. The quantitative estimate of drug-likeness (QED) is 0.400. The summed E-state index contributed by atoms with van der Waals surface area (Å²) >= 11 is 0. The molecule has 1 unspecified atom stereocenters. The van der Waals surface area contributed by atoms with Crippen LogP contribution in [-0.2, 0) is 14.5 Å². The summed E-state index contributed by atoms with van der Waals surface area (Å²) in [7, 11) is 0. The summed E-state index contributed by atoms with van der Waals surface area (Å²) in [6.07, 6.45) is 3.01. The SMILES string of the molecule is CCCC=NON1CC(C(=O)O)C(=O)NC1=O. The first-order valence-electron chi connectivity index (χ1n) is 5.10. The molecule has 0 aromatic carbocycles. The molecule has 1 saturated heterocycles. The van der Waals surface area contributed by atoms with E-state index in [4.69, 9.17) is 10.0 Å². The molecule has 0 aliphatic carbocycles. The number of imide groups is 1. The number of urea groups is 1. The number of nitrogens with zero attached hydrogens (tertiary/aromatic N) is 2. The number of oxime groups is 1. The highest BCUT2D eigenvalue weighted by molar-refractivity contribution is 6.06. The first-order valence-corrected chi connectivity index (χ1v) is 5.10. The summed E-state index contributed by atoms with van der Waals surface area (Å²) in [6, 6.07) is -0.818. The number of carbonyl (C=O) groups excluding carboxylic acids is 2. The molecule has 0 saturated carbocycles. The topological polar surface area (TPSA) is 108 Å². The highest BCUT2D eigenvalue weighted by Crippen LogP contribution is 2.09. The Morgan fingerprint density at radius 2 is 2.41 bits per heavy atom. The summed E-state index contributed by atoms with van der Waals surface area (Å²) < 4.78 is 0. The van der Waals surface area contributed by atoms with E-state index in [9.17, 15) is 14.4 Å². The third-order valence-corrected chi connectivity index (χ3v) is 2.06. The van der Waals surface area contributed by atoms with Crippen molar-refractivity contribution < 1.29 is 24.4 Å². The van der Waals surface area contributed by atoms with Gasteiger partial charge in [-0.15, -0.1) is 5.06 Å². The average molecular weight is 243 g/mol. The Hall–Kier alpha value is -2.12. The molecule has 8 heteroatoms. The van der Waals surface area contributed by atoms with Gasteiger partial charge in [-0.3, -0.25) is 19.8 Å². The molecule has 1 fully saturated rings. The second kappa shape index (κ2) is 5.83. The van der Waals surface area contributed by atoms with E-state index < -0.39 is 23.8 Å². The summed E-state index contributed by atoms with van der Waals surface area (Å²) in [5.74, 6) is -3.50. The number of hydrogen-bond donors (Lipinski definition) is 2. The summed E-state index contributed by atoms with van der Waals surface area (Å²) in [5, 5.41) is 14.8. The zero-order chi connectivity index (χ0) is 12.8. The van der Waals surface area contributed by atoms with E-state index >= 15 is 0 Å². The molecule has 1 aliphatic rings. The lowest BCUT2D eigenvalue weighted by Gasteiger charge is -2.26. The van der Waals surface area contributed by atoms with Gasteiger partial charge in [-0.25, -0.2) is 4.79 Å².